The maximum atomic E-state index is 11.1. The molecule has 2 aromatic heterocycles. The van der Waals surface area contributed by atoms with Gasteiger partial charge in [0.15, 0.2) is 17.3 Å². The fraction of sp³-hybridized carbons (Fsp3) is 0.250. The summed E-state index contributed by atoms with van der Waals surface area (Å²) in [4.78, 5) is 19.2. The number of hydrogen-bond acceptors (Lipinski definition) is 7. The number of aromatic nitrogens is 2. The molecule has 4 aromatic rings. The lowest BCUT2D eigenvalue weighted by atomic mass is 10.1. The zero-order valence-corrected chi connectivity index (χ0v) is 18.7. The van der Waals surface area contributed by atoms with Crippen molar-refractivity contribution in [1.29, 1.82) is 0 Å². The van der Waals surface area contributed by atoms with E-state index in [4.69, 9.17) is 18.9 Å². The van der Waals surface area contributed by atoms with Crippen LogP contribution in [0.25, 0.3) is 10.6 Å². The molecule has 0 unspecified atom stereocenters. The monoisotopic (exact) mass is 452 g/mol. The molecule has 0 saturated carbocycles. The number of nitrogens with one attached hydrogen (secondary N) is 1. The molecule has 0 amide bonds. The van der Waals surface area contributed by atoms with Crippen LogP contribution >= 0.6 is 11.3 Å². The zero-order chi connectivity index (χ0) is 22.5. The number of oxazole rings is 1. The van der Waals surface area contributed by atoms with Crippen molar-refractivity contribution in [1.82, 2.24) is 9.97 Å². The fourth-order valence-corrected chi connectivity index (χ4v) is 4.30. The number of aryl methyl sites for hydroxylation is 3. The van der Waals surface area contributed by atoms with Gasteiger partial charge in [0.05, 0.1) is 12.8 Å². The second kappa shape index (κ2) is 9.74. The summed E-state index contributed by atoms with van der Waals surface area (Å²) >= 11 is 1.66. The van der Waals surface area contributed by atoms with Crippen LogP contribution in [0.4, 0.5) is 0 Å². The van der Waals surface area contributed by atoms with Gasteiger partial charge in [-0.15, -0.1) is 11.3 Å². The lowest BCUT2D eigenvalue weighted by Gasteiger charge is -2.12. The summed E-state index contributed by atoms with van der Waals surface area (Å²) in [5.74, 6) is 0.722. The summed E-state index contributed by atoms with van der Waals surface area (Å²) in [7, 11) is 1.61. The van der Waals surface area contributed by atoms with Crippen LogP contribution in [0.15, 0.2) is 57.7 Å². The molecular weight excluding hydrogens is 428 g/mol. The van der Waals surface area contributed by atoms with E-state index in [1.807, 2.05) is 43.3 Å². The van der Waals surface area contributed by atoms with Crippen LogP contribution in [0.5, 0.6) is 17.4 Å². The smallest absolute Gasteiger partial charge is 0.419 e. The van der Waals surface area contributed by atoms with E-state index in [-0.39, 0.29) is 11.6 Å². The number of benzene rings is 2. The van der Waals surface area contributed by atoms with E-state index in [0.29, 0.717) is 30.9 Å². The lowest BCUT2D eigenvalue weighted by Crippen LogP contribution is -2.00. The Morgan fingerprint density at radius 2 is 1.94 bits per heavy atom. The Hall–Kier alpha value is -3.52. The summed E-state index contributed by atoms with van der Waals surface area (Å²) in [6.45, 7) is 2.41. The Balaban J connectivity index is 1.38. The molecule has 0 fully saturated rings. The number of nitrogens with zero attached hydrogens (tertiary/aromatic N) is 1. The van der Waals surface area contributed by atoms with E-state index in [1.165, 1.54) is 0 Å². The van der Waals surface area contributed by atoms with Gasteiger partial charge in [-0.05, 0) is 37.5 Å². The summed E-state index contributed by atoms with van der Waals surface area (Å²) in [6.07, 6.45) is 1.90. The summed E-state index contributed by atoms with van der Waals surface area (Å²) < 4.78 is 16.5. The third kappa shape index (κ3) is 5.03. The lowest BCUT2D eigenvalue weighted by molar-refractivity contribution is 0.280. The summed E-state index contributed by atoms with van der Waals surface area (Å²) in [5.41, 5.74) is 3.07. The van der Waals surface area contributed by atoms with E-state index >= 15 is 0 Å². The normalized spacial score (nSPS) is 10.9. The highest BCUT2D eigenvalue weighted by atomic mass is 32.1. The van der Waals surface area contributed by atoms with E-state index in [0.717, 1.165) is 33.1 Å². The highest BCUT2D eigenvalue weighted by Crippen LogP contribution is 2.32. The van der Waals surface area contributed by atoms with Gasteiger partial charge < -0.3 is 19.0 Å². The molecule has 0 aliphatic carbocycles. The number of ether oxygens (including phenoxy) is 2. The minimum Gasteiger partial charge on any atom is -0.493 e. The number of aromatic hydroxyl groups is 1. The Morgan fingerprint density at radius 3 is 2.66 bits per heavy atom. The summed E-state index contributed by atoms with van der Waals surface area (Å²) in [5, 5.41) is 10.6. The fourth-order valence-electron chi connectivity index (χ4n) is 3.37. The molecule has 32 heavy (non-hydrogen) atoms. The molecule has 4 rings (SSSR count). The van der Waals surface area contributed by atoms with Gasteiger partial charge in [0.25, 0.3) is 0 Å². The molecule has 2 heterocycles. The zero-order valence-electron chi connectivity index (χ0n) is 17.9. The molecule has 0 radical (unpaired) electrons. The molecular formula is C24H24N2O5S. The predicted octanol–water partition coefficient (Wildman–Crippen LogP) is 4.87. The quantitative estimate of drug-likeness (QED) is 0.376. The average molecular weight is 453 g/mol. The van der Waals surface area contributed by atoms with Crippen LogP contribution in [0.1, 0.15) is 28.3 Å². The molecule has 7 nitrogen and oxygen atoms in total. The van der Waals surface area contributed by atoms with Gasteiger partial charge in [-0.1, -0.05) is 36.4 Å². The first-order valence-corrected chi connectivity index (χ1v) is 11.1. The molecule has 8 heteroatoms. The number of methoxy groups -OCH3 is 1. The van der Waals surface area contributed by atoms with Gasteiger partial charge in [-0.2, -0.15) is 0 Å². The van der Waals surface area contributed by atoms with Crippen molar-refractivity contribution in [3.63, 3.8) is 0 Å². The van der Waals surface area contributed by atoms with Crippen LogP contribution in [0.2, 0.25) is 0 Å². The van der Waals surface area contributed by atoms with Gasteiger partial charge in [-0.25, -0.2) is 9.78 Å². The van der Waals surface area contributed by atoms with Gasteiger partial charge in [0, 0.05) is 16.9 Å². The van der Waals surface area contributed by atoms with E-state index in [1.54, 1.807) is 18.4 Å². The van der Waals surface area contributed by atoms with Crippen LogP contribution in [-0.2, 0) is 19.4 Å². The van der Waals surface area contributed by atoms with Gasteiger partial charge >= 0.3 is 5.76 Å². The van der Waals surface area contributed by atoms with Gasteiger partial charge in [0.2, 0.25) is 5.88 Å². The van der Waals surface area contributed by atoms with Crippen LogP contribution in [0.3, 0.4) is 0 Å². The number of aromatic amines is 1. The molecule has 0 spiro atoms. The van der Waals surface area contributed by atoms with E-state index in [9.17, 15) is 9.90 Å². The first-order chi connectivity index (χ1) is 15.5. The van der Waals surface area contributed by atoms with Crippen molar-refractivity contribution in [3.8, 4) is 28.0 Å². The molecule has 166 valence electrons. The second-order valence-corrected chi connectivity index (χ2v) is 8.50. The minimum atomic E-state index is -0.646. The van der Waals surface area contributed by atoms with Gasteiger partial charge in [-0.3, -0.25) is 4.98 Å². The summed E-state index contributed by atoms with van der Waals surface area (Å²) in [6, 6.07) is 15.9. The van der Waals surface area contributed by atoms with Crippen molar-refractivity contribution in [2.24, 2.45) is 0 Å². The minimum absolute atomic E-state index is 0.205. The Bertz CT molecular complexity index is 1240. The molecule has 0 saturated heterocycles. The maximum absolute atomic E-state index is 11.1. The molecule has 2 aromatic carbocycles. The maximum Gasteiger partial charge on any atom is 0.419 e. The predicted molar refractivity (Wildman–Crippen MR) is 123 cm³/mol. The second-order valence-electron chi connectivity index (χ2n) is 7.30. The average Bonchev–Trinajstić information content (AvgIpc) is 3.33. The van der Waals surface area contributed by atoms with E-state index < -0.39 is 5.76 Å². The standard InChI is InChI=1S/C24H24N2O5S/c1-15-18(25-23(32-15)17-8-4-3-5-9-17)14-30-19-12-11-16(13-21(19)29-2)7-6-10-20-22(27)26-24(28)31-20/h3-5,8-9,11-13,27H,6-7,10,14H2,1-2H3,(H,26,28). The topological polar surface area (TPSA) is 97.6 Å². The molecule has 0 atom stereocenters. The number of thiazole rings is 1. The number of hydrogen-bond donors (Lipinski definition) is 2. The number of H-pyrrole nitrogens is 1. The van der Waals surface area contributed by atoms with Crippen molar-refractivity contribution >= 4 is 11.3 Å². The molecule has 0 bridgehead atoms. The Kier molecular flexibility index (Phi) is 6.61. The molecule has 2 N–H and O–H groups in total. The SMILES string of the molecule is COc1cc(CCCc2oc(=O)[nH]c2O)ccc1OCc1nc(-c2ccccc2)sc1C. The number of rotatable bonds is 9. The Morgan fingerprint density at radius 1 is 1.12 bits per heavy atom. The highest BCUT2D eigenvalue weighted by Gasteiger charge is 2.13. The van der Waals surface area contributed by atoms with Crippen molar-refractivity contribution < 1.29 is 19.0 Å². The van der Waals surface area contributed by atoms with Gasteiger partial charge in [0.1, 0.15) is 11.6 Å². The van der Waals surface area contributed by atoms with Crippen molar-refractivity contribution in [2.45, 2.75) is 32.8 Å². The Labute approximate surface area is 189 Å². The van der Waals surface area contributed by atoms with Crippen molar-refractivity contribution in [3.05, 3.63) is 81.0 Å². The molecule has 0 aliphatic heterocycles. The van der Waals surface area contributed by atoms with Crippen LogP contribution in [0, 0.1) is 6.92 Å². The molecule has 0 aliphatic rings. The van der Waals surface area contributed by atoms with Crippen molar-refractivity contribution in [2.75, 3.05) is 7.11 Å². The first kappa shape index (κ1) is 21.7. The highest BCUT2D eigenvalue weighted by molar-refractivity contribution is 7.15. The first-order valence-electron chi connectivity index (χ1n) is 10.3. The van der Waals surface area contributed by atoms with Crippen LogP contribution in [-0.4, -0.2) is 22.2 Å². The van der Waals surface area contributed by atoms with Crippen LogP contribution < -0.4 is 15.2 Å². The largest absolute Gasteiger partial charge is 0.493 e. The third-order valence-corrected chi connectivity index (χ3v) is 6.14. The third-order valence-electron chi connectivity index (χ3n) is 5.08. The van der Waals surface area contributed by atoms with E-state index in [2.05, 4.69) is 17.1 Å².